The van der Waals surface area contributed by atoms with Crippen LogP contribution >= 0.6 is 0 Å². The lowest BCUT2D eigenvalue weighted by molar-refractivity contribution is 0.0936. The molecule has 1 saturated heterocycles. The predicted octanol–water partition coefficient (Wildman–Crippen LogP) is 3.83. The number of hydrogen-bond donors (Lipinski definition) is 1. The van der Waals surface area contributed by atoms with Crippen LogP contribution in [0, 0.1) is 11.6 Å². The molecule has 0 aliphatic carbocycles. The molecular formula is C20H21F2NO2. The Morgan fingerprint density at radius 2 is 1.84 bits per heavy atom. The summed E-state index contributed by atoms with van der Waals surface area (Å²) in [5.41, 5.74) is 1.06. The van der Waals surface area contributed by atoms with E-state index in [0.717, 1.165) is 37.0 Å². The molecule has 0 unspecified atom stereocenters. The molecule has 5 heteroatoms. The maximum atomic E-state index is 13.4. The molecule has 1 fully saturated rings. The first-order chi connectivity index (χ1) is 12.1. The Balaban J connectivity index is 1.78. The number of ether oxygens (including phenoxy) is 1. The van der Waals surface area contributed by atoms with Gasteiger partial charge in [0.15, 0.2) is 11.6 Å². The van der Waals surface area contributed by atoms with Crippen LogP contribution in [0.3, 0.4) is 0 Å². The summed E-state index contributed by atoms with van der Waals surface area (Å²) >= 11 is 0. The number of benzene rings is 2. The highest BCUT2D eigenvalue weighted by atomic mass is 19.2. The fourth-order valence-electron chi connectivity index (χ4n) is 3.36. The molecule has 0 bridgehead atoms. The Morgan fingerprint density at radius 3 is 2.60 bits per heavy atom. The van der Waals surface area contributed by atoms with E-state index in [9.17, 15) is 13.6 Å². The van der Waals surface area contributed by atoms with Crippen LogP contribution in [0.15, 0.2) is 48.5 Å². The molecule has 0 spiro atoms. The van der Waals surface area contributed by atoms with Crippen molar-refractivity contribution in [2.75, 3.05) is 19.8 Å². The minimum absolute atomic E-state index is 0.118. The van der Waals surface area contributed by atoms with E-state index in [-0.39, 0.29) is 11.0 Å². The second-order valence-electron chi connectivity index (χ2n) is 6.42. The number of nitrogens with one attached hydrogen (secondary N) is 1. The lowest BCUT2D eigenvalue weighted by Crippen LogP contribution is -2.41. The zero-order chi connectivity index (χ0) is 17.7. The molecule has 2 aromatic rings. The maximum absolute atomic E-state index is 13.4. The molecule has 0 radical (unpaired) electrons. The van der Waals surface area contributed by atoms with Crippen molar-refractivity contribution in [3.63, 3.8) is 0 Å². The van der Waals surface area contributed by atoms with Crippen LogP contribution in [-0.4, -0.2) is 25.7 Å². The van der Waals surface area contributed by atoms with Crippen molar-refractivity contribution in [3.8, 4) is 0 Å². The average molecular weight is 345 g/mol. The summed E-state index contributed by atoms with van der Waals surface area (Å²) in [6.45, 7) is 1.78. The van der Waals surface area contributed by atoms with Crippen LogP contribution in [0.5, 0.6) is 0 Å². The van der Waals surface area contributed by atoms with Gasteiger partial charge in [0.2, 0.25) is 0 Å². The van der Waals surface area contributed by atoms with Crippen molar-refractivity contribution in [1.82, 2.24) is 5.32 Å². The van der Waals surface area contributed by atoms with Crippen molar-refractivity contribution in [2.45, 2.75) is 24.7 Å². The molecule has 0 saturated carbocycles. The van der Waals surface area contributed by atoms with E-state index in [1.54, 1.807) is 0 Å². The first-order valence-corrected chi connectivity index (χ1v) is 8.47. The monoisotopic (exact) mass is 345 g/mol. The van der Waals surface area contributed by atoms with E-state index >= 15 is 0 Å². The summed E-state index contributed by atoms with van der Waals surface area (Å²) in [6.07, 6.45) is 2.61. The first kappa shape index (κ1) is 17.5. The van der Waals surface area contributed by atoms with Gasteiger partial charge >= 0.3 is 0 Å². The summed E-state index contributed by atoms with van der Waals surface area (Å²) in [4.78, 5) is 12.4. The molecule has 2 aromatic carbocycles. The van der Waals surface area contributed by atoms with Crippen molar-refractivity contribution < 1.29 is 18.3 Å². The van der Waals surface area contributed by atoms with Crippen LogP contribution < -0.4 is 5.32 Å². The predicted molar refractivity (Wildman–Crippen MR) is 91.5 cm³/mol. The molecule has 1 aliphatic rings. The van der Waals surface area contributed by atoms with Crippen LogP contribution in [0.2, 0.25) is 0 Å². The van der Waals surface area contributed by atoms with E-state index in [0.29, 0.717) is 19.8 Å². The Labute approximate surface area is 146 Å². The summed E-state index contributed by atoms with van der Waals surface area (Å²) in [5.74, 6) is -2.38. The summed E-state index contributed by atoms with van der Waals surface area (Å²) in [7, 11) is 0. The molecule has 0 aromatic heterocycles. The van der Waals surface area contributed by atoms with Crippen LogP contribution in [0.25, 0.3) is 0 Å². The molecule has 3 nitrogen and oxygen atoms in total. The highest BCUT2D eigenvalue weighted by Crippen LogP contribution is 2.34. The Morgan fingerprint density at radius 1 is 1.04 bits per heavy atom. The van der Waals surface area contributed by atoms with Gasteiger partial charge in [0, 0.05) is 30.7 Å². The van der Waals surface area contributed by atoms with Crippen molar-refractivity contribution >= 4 is 5.91 Å². The SMILES string of the molecule is O=C(NC[C@]1(c2ccccc2)CCCOCC1)c1ccc(F)c(F)c1. The van der Waals surface area contributed by atoms with Gasteiger partial charge in [0.1, 0.15) is 0 Å². The summed E-state index contributed by atoms with van der Waals surface area (Å²) in [6, 6.07) is 13.3. The quantitative estimate of drug-likeness (QED) is 0.914. The molecule has 3 rings (SSSR count). The van der Waals surface area contributed by atoms with Gasteiger partial charge in [-0.15, -0.1) is 0 Å². The van der Waals surface area contributed by atoms with Crippen LogP contribution in [0.1, 0.15) is 35.2 Å². The van der Waals surface area contributed by atoms with Gasteiger partial charge in [-0.05, 0) is 43.0 Å². The largest absolute Gasteiger partial charge is 0.381 e. The first-order valence-electron chi connectivity index (χ1n) is 8.47. The highest BCUT2D eigenvalue weighted by Gasteiger charge is 2.33. The molecular weight excluding hydrogens is 324 g/mol. The van der Waals surface area contributed by atoms with Crippen molar-refractivity contribution in [3.05, 3.63) is 71.3 Å². The average Bonchev–Trinajstić information content (AvgIpc) is 2.89. The maximum Gasteiger partial charge on any atom is 0.251 e. The molecule has 132 valence electrons. The van der Waals surface area contributed by atoms with Gasteiger partial charge in [-0.1, -0.05) is 30.3 Å². The third kappa shape index (κ3) is 4.04. The summed E-state index contributed by atoms with van der Waals surface area (Å²) in [5, 5.41) is 2.90. The number of hydrogen-bond acceptors (Lipinski definition) is 2. The van der Waals surface area contributed by atoms with Crippen molar-refractivity contribution in [2.24, 2.45) is 0 Å². The smallest absolute Gasteiger partial charge is 0.251 e. The van der Waals surface area contributed by atoms with Gasteiger partial charge in [-0.3, -0.25) is 4.79 Å². The fraction of sp³-hybridized carbons (Fsp3) is 0.350. The minimum Gasteiger partial charge on any atom is -0.381 e. The number of amides is 1. The number of rotatable bonds is 4. The fourth-order valence-corrected chi connectivity index (χ4v) is 3.36. The highest BCUT2D eigenvalue weighted by molar-refractivity contribution is 5.94. The molecule has 1 aliphatic heterocycles. The molecule has 1 atom stereocenters. The zero-order valence-corrected chi connectivity index (χ0v) is 13.9. The van der Waals surface area contributed by atoms with Gasteiger partial charge in [-0.25, -0.2) is 8.78 Å². The van der Waals surface area contributed by atoms with Gasteiger partial charge in [0.05, 0.1) is 0 Å². The number of halogens is 2. The normalized spacial score (nSPS) is 20.7. The Hall–Kier alpha value is -2.27. The lowest BCUT2D eigenvalue weighted by atomic mass is 9.74. The lowest BCUT2D eigenvalue weighted by Gasteiger charge is -2.33. The Bertz CT molecular complexity index is 726. The topological polar surface area (TPSA) is 38.3 Å². The van der Waals surface area contributed by atoms with E-state index in [1.807, 2.05) is 18.2 Å². The van der Waals surface area contributed by atoms with Gasteiger partial charge < -0.3 is 10.1 Å². The number of carbonyl (C=O) groups is 1. The van der Waals surface area contributed by atoms with E-state index < -0.39 is 17.5 Å². The summed E-state index contributed by atoms with van der Waals surface area (Å²) < 4.78 is 32.0. The van der Waals surface area contributed by atoms with E-state index in [2.05, 4.69) is 17.4 Å². The molecule has 1 N–H and O–H groups in total. The van der Waals surface area contributed by atoms with Gasteiger partial charge in [0.25, 0.3) is 5.91 Å². The third-order valence-corrected chi connectivity index (χ3v) is 4.82. The minimum atomic E-state index is -1.02. The standard InChI is InChI=1S/C20H21F2NO2/c21-17-8-7-15(13-18(17)22)19(24)23-14-20(9-4-11-25-12-10-20)16-5-2-1-3-6-16/h1-3,5-8,13H,4,9-12,14H2,(H,23,24)/t20-/m0/s1. The number of carbonyl (C=O) groups excluding carboxylic acids is 1. The van der Waals surface area contributed by atoms with E-state index in [4.69, 9.17) is 4.74 Å². The Kier molecular flexibility index (Phi) is 5.43. The zero-order valence-electron chi connectivity index (χ0n) is 13.9. The van der Waals surface area contributed by atoms with E-state index in [1.165, 1.54) is 6.07 Å². The third-order valence-electron chi connectivity index (χ3n) is 4.82. The second kappa shape index (κ2) is 7.74. The second-order valence-corrected chi connectivity index (χ2v) is 6.42. The van der Waals surface area contributed by atoms with Crippen LogP contribution in [0.4, 0.5) is 8.78 Å². The molecule has 1 amide bonds. The van der Waals surface area contributed by atoms with Crippen LogP contribution in [-0.2, 0) is 10.2 Å². The molecule has 25 heavy (non-hydrogen) atoms. The van der Waals surface area contributed by atoms with Crippen molar-refractivity contribution in [1.29, 1.82) is 0 Å². The molecule has 1 heterocycles. The van der Waals surface area contributed by atoms with Gasteiger partial charge in [-0.2, -0.15) is 0 Å².